The van der Waals surface area contributed by atoms with Gasteiger partial charge in [0.25, 0.3) is 0 Å². The van der Waals surface area contributed by atoms with Gasteiger partial charge in [0, 0.05) is 25.4 Å². The number of β-amino-alcohol motifs (C(OH)–C–C–N with tert-alkyl or cyclic N) is 1. The number of hydrogen-bond acceptors (Lipinski definition) is 3. The minimum atomic E-state index is -0.186. The predicted molar refractivity (Wildman–Crippen MR) is 66.6 cm³/mol. The van der Waals surface area contributed by atoms with Gasteiger partial charge >= 0.3 is 0 Å². The first-order valence-corrected chi connectivity index (χ1v) is 6.87. The minimum absolute atomic E-state index is 0.186. The molecule has 2 N–H and O–H groups in total. The lowest BCUT2D eigenvalue weighted by Crippen LogP contribution is -2.40. The van der Waals surface area contributed by atoms with Crippen molar-refractivity contribution in [2.24, 2.45) is 4.99 Å². The second-order valence-electron chi connectivity index (χ2n) is 3.62. The molecule has 0 unspecified atom stereocenters. The van der Waals surface area contributed by atoms with E-state index in [2.05, 4.69) is 28.4 Å². The molecule has 1 rings (SSSR count). The summed E-state index contributed by atoms with van der Waals surface area (Å²) in [5.41, 5.74) is 0. The van der Waals surface area contributed by atoms with Gasteiger partial charge in [-0.1, -0.05) is 0 Å². The molecule has 0 bridgehead atoms. The number of nitrogens with one attached hydrogen (secondary N) is 1. The van der Waals surface area contributed by atoms with Crippen LogP contribution in [0.15, 0.2) is 4.99 Å². The highest BCUT2D eigenvalue weighted by molar-refractivity contribution is 7.98. The van der Waals surface area contributed by atoms with Crippen LogP contribution in [0.3, 0.4) is 0 Å². The molecule has 0 aromatic heterocycles. The lowest BCUT2D eigenvalue weighted by atomic mass is 10.3. The fourth-order valence-corrected chi connectivity index (χ4v) is 1.88. The van der Waals surface area contributed by atoms with Crippen LogP contribution in [0.4, 0.5) is 0 Å². The minimum Gasteiger partial charge on any atom is -0.391 e. The maximum Gasteiger partial charge on any atom is 0.194 e. The van der Waals surface area contributed by atoms with Crippen molar-refractivity contribution in [2.45, 2.75) is 19.4 Å². The highest BCUT2D eigenvalue weighted by Crippen LogP contribution is 2.08. The first-order valence-electron chi connectivity index (χ1n) is 5.48. The quantitative estimate of drug-likeness (QED) is 0.417. The maximum atomic E-state index is 9.46. The van der Waals surface area contributed by atoms with Crippen LogP contribution in [0.5, 0.6) is 0 Å². The third-order valence-corrected chi connectivity index (χ3v) is 2.95. The lowest BCUT2D eigenvalue weighted by Gasteiger charge is -2.20. The van der Waals surface area contributed by atoms with Gasteiger partial charge in [-0.05, 0) is 19.6 Å². The van der Waals surface area contributed by atoms with Crippen molar-refractivity contribution in [3.63, 3.8) is 0 Å². The molecule has 1 heterocycles. The molecule has 1 aliphatic rings. The molecule has 1 saturated heterocycles. The Kier molecular flexibility index (Phi) is 5.86. The summed E-state index contributed by atoms with van der Waals surface area (Å²) in [6.45, 7) is 5.41. The van der Waals surface area contributed by atoms with Gasteiger partial charge in [0.05, 0.1) is 12.6 Å². The van der Waals surface area contributed by atoms with Gasteiger partial charge in [0.15, 0.2) is 5.96 Å². The summed E-state index contributed by atoms with van der Waals surface area (Å²) < 4.78 is 0. The van der Waals surface area contributed by atoms with Crippen molar-refractivity contribution in [1.29, 1.82) is 0 Å². The van der Waals surface area contributed by atoms with E-state index < -0.39 is 0 Å². The SMILES string of the molecule is CCNC(=NCCSC)N1CC[C@@H](O)C1. The van der Waals surface area contributed by atoms with Crippen LogP contribution in [0, 0.1) is 0 Å². The molecule has 0 amide bonds. The number of guanidine groups is 1. The van der Waals surface area contributed by atoms with Crippen LogP contribution in [-0.2, 0) is 0 Å². The molecule has 88 valence electrons. The highest BCUT2D eigenvalue weighted by atomic mass is 32.2. The standard InChI is InChI=1S/C10H21N3OS/c1-3-11-10(12-5-7-15-2)13-6-4-9(14)8-13/h9,14H,3-8H2,1-2H3,(H,11,12)/t9-/m1/s1. The first-order chi connectivity index (χ1) is 7.27. The average molecular weight is 231 g/mol. The molecule has 15 heavy (non-hydrogen) atoms. The van der Waals surface area contributed by atoms with E-state index in [-0.39, 0.29) is 6.10 Å². The van der Waals surface area contributed by atoms with Gasteiger partial charge in [0.2, 0.25) is 0 Å². The lowest BCUT2D eigenvalue weighted by molar-refractivity contribution is 0.188. The van der Waals surface area contributed by atoms with Gasteiger partial charge in [0.1, 0.15) is 0 Å². The summed E-state index contributed by atoms with van der Waals surface area (Å²) in [6, 6.07) is 0. The third kappa shape index (κ3) is 4.30. The average Bonchev–Trinajstić information content (AvgIpc) is 2.64. The Hall–Kier alpha value is -0.420. The van der Waals surface area contributed by atoms with Gasteiger partial charge < -0.3 is 15.3 Å². The van der Waals surface area contributed by atoms with Crippen LogP contribution in [0.2, 0.25) is 0 Å². The number of aliphatic hydroxyl groups is 1. The van der Waals surface area contributed by atoms with E-state index >= 15 is 0 Å². The van der Waals surface area contributed by atoms with Crippen molar-refractivity contribution in [2.75, 3.05) is 38.2 Å². The van der Waals surface area contributed by atoms with E-state index in [9.17, 15) is 5.11 Å². The molecule has 1 fully saturated rings. The molecule has 0 spiro atoms. The predicted octanol–water partition coefficient (Wildman–Crippen LogP) is 0.381. The largest absolute Gasteiger partial charge is 0.391 e. The van der Waals surface area contributed by atoms with Crippen molar-refractivity contribution < 1.29 is 5.11 Å². The van der Waals surface area contributed by atoms with Crippen LogP contribution >= 0.6 is 11.8 Å². The number of thioether (sulfide) groups is 1. The van der Waals surface area contributed by atoms with E-state index in [1.807, 2.05) is 0 Å². The van der Waals surface area contributed by atoms with Crippen molar-refractivity contribution >= 4 is 17.7 Å². The molecule has 0 aromatic carbocycles. The Balaban J connectivity index is 2.45. The number of aliphatic imine (C=N–C) groups is 1. The fraction of sp³-hybridized carbons (Fsp3) is 0.900. The van der Waals surface area contributed by atoms with Gasteiger partial charge in [-0.2, -0.15) is 11.8 Å². The van der Waals surface area contributed by atoms with Crippen LogP contribution in [0.25, 0.3) is 0 Å². The molecule has 0 radical (unpaired) electrons. The molecular weight excluding hydrogens is 210 g/mol. The van der Waals surface area contributed by atoms with E-state index in [0.717, 1.165) is 37.8 Å². The Bertz CT molecular complexity index is 211. The number of hydrogen-bond donors (Lipinski definition) is 2. The van der Waals surface area contributed by atoms with E-state index in [1.54, 1.807) is 11.8 Å². The van der Waals surface area contributed by atoms with Gasteiger partial charge in [-0.15, -0.1) is 0 Å². The molecule has 1 aliphatic heterocycles. The molecule has 1 atom stereocenters. The summed E-state index contributed by atoms with van der Waals surface area (Å²) in [7, 11) is 0. The van der Waals surface area contributed by atoms with Crippen LogP contribution in [0.1, 0.15) is 13.3 Å². The Labute approximate surface area is 96.1 Å². The third-order valence-electron chi connectivity index (χ3n) is 2.35. The second kappa shape index (κ2) is 6.95. The zero-order valence-corrected chi connectivity index (χ0v) is 10.4. The highest BCUT2D eigenvalue weighted by Gasteiger charge is 2.22. The van der Waals surface area contributed by atoms with E-state index in [4.69, 9.17) is 0 Å². The Morgan fingerprint density at radius 1 is 1.67 bits per heavy atom. The second-order valence-corrected chi connectivity index (χ2v) is 4.60. The van der Waals surface area contributed by atoms with Crippen LogP contribution in [-0.4, -0.2) is 60.3 Å². The Morgan fingerprint density at radius 3 is 3.00 bits per heavy atom. The molecular formula is C10H21N3OS. The van der Waals surface area contributed by atoms with E-state index in [0.29, 0.717) is 6.54 Å². The van der Waals surface area contributed by atoms with Crippen LogP contribution < -0.4 is 5.32 Å². The summed E-state index contributed by atoms with van der Waals surface area (Å²) in [4.78, 5) is 6.65. The normalized spacial score (nSPS) is 22.2. The molecule has 0 aromatic rings. The van der Waals surface area contributed by atoms with Crippen molar-refractivity contribution in [3.05, 3.63) is 0 Å². The molecule has 4 nitrogen and oxygen atoms in total. The number of nitrogens with zero attached hydrogens (tertiary/aromatic N) is 2. The topological polar surface area (TPSA) is 47.9 Å². The maximum absolute atomic E-state index is 9.46. The number of likely N-dealkylation sites (tertiary alicyclic amines) is 1. The van der Waals surface area contributed by atoms with Gasteiger partial charge in [-0.3, -0.25) is 4.99 Å². The summed E-state index contributed by atoms with van der Waals surface area (Å²) >= 11 is 1.80. The monoisotopic (exact) mass is 231 g/mol. The zero-order valence-electron chi connectivity index (χ0n) is 9.57. The fourth-order valence-electron chi connectivity index (χ4n) is 1.60. The first kappa shape index (κ1) is 12.6. The smallest absolute Gasteiger partial charge is 0.194 e. The summed E-state index contributed by atoms with van der Waals surface area (Å²) in [5, 5.41) is 12.7. The zero-order chi connectivity index (χ0) is 11.1. The summed E-state index contributed by atoms with van der Waals surface area (Å²) in [6.07, 6.45) is 2.75. The molecule has 0 aliphatic carbocycles. The summed E-state index contributed by atoms with van der Waals surface area (Å²) in [5.74, 6) is 1.99. The number of rotatable bonds is 4. The van der Waals surface area contributed by atoms with E-state index in [1.165, 1.54) is 0 Å². The van der Waals surface area contributed by atoms with Crippen molar-refractivity contribution in [1.82, 2.24) is 10.2 Å². The van der Waals surface area contributed by atoms with Gasteiger partial charge in [-0.25, -0.2) is 0 Å². The molecule has 5 heteroatoms. The van der Waals surface area contributed by atoms with Crippen molar-refractivity contribution in [3.8, 4) is 0 Å². The number of aliphatic hydroxyl groups excluding tert-OH is 1. The molecule has 0 saturated carbocycles. The Morgan fingerprint density at radius 2 is 2.47 bits per heavy atom.